The van der Waals surface area contributed by atoms with Gasteiger partial charge in [0.25, 0.3) is 0 Å². The molecule has 2 N–H and O–H groups in total. The van der Waals surface area contributed by atoms with E-state index >= 15 is 0 Å². The Kier molecular flexibility index (Phi) is 6.13. The molecule has 0 aliphatic rings. The van der Waals surface area contributed by atoms with Gasteiger partial charge in [0.1, 0.15) is 11.6 Å². The van der Waals surface area contributed by atoms with Crippen molar-refractivity contribution in [1.29, 1.82) is 0 Å². The Morgan fingerprint density at radius 1 is 1.09 bits per heavy atom. The first-order valence-corrected chi connectivity index (χ1v) is 7.76. The van der Waals surface area contributed by atoms with Gasteiger partial charge < -0.3 is 10.6 Å². The quantitative estimate of drug-likeness (QED) is 0.720. The van der Waals surface area contributed by atoms with Crippen LogP contribution in [0.1, 0.15) is 37.4 Å². The van der Waals surface area contributed by atoms with Crippen molar-refractivity contribution in [1.82, 2.24) is 9.97 Å². The van der Waals surface area contributed by atoms with Crippen molar-refractivity contribution in [2.45, 2.75) is 39.7 Å². The normalized spacial score (nSPS) is 10.5. The molecule has 0 aliphatic heterocycles. The minimum atomic E-state index is -0.222. The van der Waals surface area contributed by atoms with Crippen molar-refractivity contribution in [2.75, 3.05) is 17.2 Å². The number of anilines is 2. The molecule has 0 amide bonds. The van der Waals surface area contributed by atoms with E-state index in [1.165, 1.54) is 18.9 Å². The predicted octanol–water partition coefficient (Wildman–Crippen LogP) is 4.14. The second-order valence-electron chi connectivity index (χ2n) is 5.30. The maximum atomic E-state index is 13.6. The van der Waals surface area contributed by atoms with Crippen LogP contribution in [0.5, 0.6) is 0 Å². The van der Waals surface area contributed by atoms with E-state index < -0.39 is 0 Å². The SMILES string of the molecule is CCCCCNc1cc(C)nc(NCc2ccccc2F)n1. The lowest BCUT2D eigenvalue weighted by atomic mass is 10.2. The van der Waals surface area contributed by atoms with Gasteiger partial charge in [0.2, 0.25) is 5.95 Å². The van der Waals surface area contributed by atoms with Crippen LogP contribution in [0.2, 0.25) is 0 Å². The summed E-state index contributed by atoms with van der Waals surface area (Å²) in [5.74, 6) is 1.10. The average Bonchev–Trinajstić information content (AvgIpc) is 2.50. The highest BCUT2D eigenvalue weighted by molar-refractivity contribution is 5.42. The van der Waals surface area contributed by atoms with Crippen LogP contribution in [0.15, 0.2) is 30.3 Å². The molecule has 0 unspecified atom stereocenters. The zero-order valence-electron chi connectivity index (χ0n) is 13.2. The number of hydrogen-bond donors (Lipinski definition) is 2. The van der Waals surface area contributed by atoms with Gasteiger partial charge in [0.15, 0.2) is 0 Å². The summed E-state index contributed by atoms with van der Waals surface area (Å²) >= 11 is 0. The van der Waals surface area contributed by atoms with Gasteiger partial charge in [-0.2, -0.15) is 4.98 Å². The number of aryl methyl sites for hydroxylation is 1. The predicted molar refractivity (Wildman–Crippen MR) is 88.5 cm³/mol. The van der Waals surface area contributed by atoms with E-state index in [4.69, 9.17) is 0 Å². The van der Waals surface area contributed by atoms with Gasteiger partial charge in [-0.3, -0.25) is 0 Å². The molecule has 0 atom stereocenters. The van der Waals surface area contributed by atoms with Gasteiger partial charge in [-0.1, -0.05) is 38.0 Å². The first-order chi connectivity index (χ1) is 10.7. The molecule has 0 spiro atoms. The second kappa shape index (κ2) is 8.32. The van der Waals surface area contributed by atoms with E-state index in [0.717, 1.165) is 24.5 Å². The van der Waals surface area contributed by atoms with Crippen molar-refractivity contribution in [3.63, 3.8) is 0 Å². The minimum absolute atomic E-state index is 0.222. The Bertz CT molecular complexity index is 601. The Labute approximate surface area is 131 Å². The molecule has 0 radical (unpaired) electrons. The summed E-state index contributed by atoms with van der Waals surface area (Å²) in [4.78, 5) is 8.76. The monoisotopic (exact) mass is 302 g/mol. The lowest BCUT2D eigenvalue weighted by molar-refractivity contribution is 0.612. The number of halogens is 1. The van der Waals surface area contributed by atoms with Gasteiger partial charge in [-0.25, -0.2) is 9.37 Å². The van der Waals surface area contributed by atoms with Gasteiger partial charge in [-0.15, -0.1) is 0 Å². The third-order valence-electron chi connectivity index (χ3n) is 3.34. The Morgan fingerprint density at radius 3 is 2.68 bits per heavy atom. The van der Waals surface area contributed by atoms with Crippen LogP contribution in [-0.4, -0.2) is 16.5 Å². The fraction of sp³-hybridized carbons (Fsp3) is 0.412. The summed E-state index contributed by atoms with van der Waals surface area (Å²) in [6.07, 6.45) is 3.52. The van der Waals surface area contributed by atoms with Gasteiger partial charge >= 0.3 is 0 Å². The second-order valence-corrected chi connectivity index (χ2v) is 5.30. The minimum Gasteiger partial charge on any atom is -0.370 e. The summed E-state index contributed by atoms with van der Waals surface area (Å²) < 4.78 is 13.6. The van der Waals surface area contributed by atoms with Crippen LogP contribution in [0.25, 0.3) is 0 Å². The summed E-state index contributed by atoms with van der Waals surface area (Å²) in [7, 11) is 0. The molecular formula is C17H23FN4. The molecule has 0 aliphatic carbocycles. The Balaban J connectivity index is 1.96. The molecule has 0 bridgehead atoms. The molecule has 0 saturated carbocycles. The number of nitrogens with zero attached hydrogens (tertiary/aromatic N) is 2. The molecule has 0 fully saturated rings. The van der Waals surface area contributed by atoms with Crippen molar-refractivity contribution >= 4 is 11.8 Å². The molecule has 22 heavy (non-hydrogen) atoms. The number of rotatable bonds is 8. The van der Waals surface area contributed by atoms with E-state index in [1.807, 2.05) is 19.1 Å². The van der Waals surface area contributed by atoms with Gasteiger partial charge in [0.05, 0.1) is 0 Å². The van der Waals surface area contributed by atoms with Crippen molar-refractivity contribution in [2.24, 2.45) is 0 Å². The number of hydrogen-bond acceptors (Lipinski definition) is 4. The highest BCUT2D eigenvalue weighted by Crippen LogP contribution is 2.12. The topological polar surface area (TPSA) is 49.8 Å². The fourth-order valence-electron chi connectivity index (χ4n) is 2.15. The highest BCUT2D eigenvalue weighted by atomic mass is 19.1. The fourth-order valence-corrected chi connectivity index (χ4v) is 2.15. The van der Waals surface area contributed by atoms with Crippen molar-refractivity contribution in [3.8, 4) is 0 Å². The average molecular weight is 302 g/mol. The number of benzene rings is 1. The molecule has 2 rings (SSSR count). The van der Waals surface area contributed by atoms with Crippen LogP contribution in [0, 0.1) is 12.7 Å². The first-order valence-electron chi connectivity index (χ1n) is 7.76. The van der Waals surface area contributed by atoms with Crippen LogP contribution < -0.4 is 10.6 Å². The maximum Gasteiger partial charge on any atom is 0.225 e. The summed E-state index contributed by atoms with van der Waals surface area (Å²) in [5, 5.41) is 6.39. The molecule has 2 aromatic rings. The molecule has 1 aromatic heterocycles. The smallest absolute Gasteiger partial charge is 0.225 e. The van der Waals surface area contributed by atoms with Crippen LogP contribution in [0.3, 0.4) is 0 Å². The number of aromatic nitrogens is 2. The molecule has 5 heteroatoms. The first kappa shape index (κ1) is 16.2. The summed E-state index contributed by atoms with van der Waals surface area (Å²) in [6, 6.07) is 8.62. The van der Waals surface area contributed by atoms with Crippen molar-refractivity contribution < 1.29 is 4.39 Å². The van der Waals surface area contributed by atoms with Crippen LogP contribution >= 0.6 is 0 Å². The van der Waals surface area contributed by atoms with E-state index in [0.29, 0.717) is 18.1 Å². The zero-order valence-corrected chi connectivity index (χ0v) is 13.2. The molecule has 0 saturated heterocycles. The Hall–Kier alpha value is -2.17. The maximum absolute atomic E-state index is 13.6. The van der Waals surface area contributed by atoms with Crippen LogP contribution in [-0.2, 0) is 6.54 Å². The third kappa shape index (κ3) is 4.98. The highest BCUT2D eigenvalue weighted by Gasteiger charge is 2.04. The zero-order chi connectivity index (χ0) is 15.8. The number of unbranched alkanes of at least 4 members (excludes halogenated alkanes) is 2. The largest absolute Gasteiger partial charge is 0.370 e. The van der Waals surface area contributed by atoms with Crippen LogP contribution in [0.4, 0.5) is 16.2 Å². The van der Waals surface area contributed by atoms with E-state index in [1.54, 1.807) is 12.1 Å². The molecule has 118 valence electrons. The third-order valence-corrected chi connectivity index (χ3v) is 3.34. The van der Waals surface area contributed by atoms with Gasteiger partial charge in [-0.05, 0) is 19.4 Å². The standard InChI is InChI=1S/C17H23FN4/c1-3-4-7-10-19-16-11-13(2)21-17(22-16)20-12-14-8-5-6-9-15(14)18/h5-6,8-9,11H,3-4,7,10,12H2,1-2H3,(H2,19,20,21,22). The lowest BCUT2D eigenvalue weighted by Gasteiger charge is -2.10. The molecule has 4 nitrogen and oxygen atoms in total. The molecule has 1 aromatic carbocycles. The summed E-state index contributed by atoms with van der Waals surface area (Å²) in [5.41, 5.74) is 1.48. The van der Waals surface area contributed by atoms with E-state index in [9.17, 15) is 4.39 Å². The lowest BCUT2D eigenvalue weighted by Crippen LogP contribution is -2.09. The molecular weight excluding hydrogens is 279 g/mol. The Morgan fingerprint density at radius 2 is 1.91 bits per heavy atom. The number of nitrogens with one attached hydrogen (secondary N) is 2. The van der Waals surface area contributed by atoms with E-state index in [2.05, 4.69) is 27.5 Å². The van der Waals surface area contributed by atoms with Crippen molar-refractivity contribution in [3.05, 3.63) is 47.4 Å². The summed E-state index contributed by atoms with van der Waals surface area (Å²) in [6.45, 7) is 5.37. The molecule has 1 heterocycles. The van der Waals surface area contributed by atoms with E-state index in [-0.39, 0.29) is 5.82 Å². The van der Waals surface area contributed by atoms with Gasteiger partial charge in [0, 0.05) is 30.4 Å².